The minimum atomic E-state index is -0.177. The first-order valence-corrected chi connectivity index (χ1v) is 4.56. The molecule has 0 aromatic heterocycles. The number of hydrogen-bond donors (Lipinski definition) is 1. The van der Waals surface area contributed by atoms with E-state index in [1.165, 1.54) is 0 Å². The Morgan fingerprint density at radius 2 is 2.31 bits per heavy atom. The number of nitrogens with two attached hydrogens (primary N) is 1. The summed E-state index contributed by atoms with van der Waals surface area (Å²) in [6.07, 6.45) is 1.66. The Morgan fingerprint density at radius 1 is 1.62 bits per heavy atom. The Labute approximate surface area is 85.8 Å². The van der Waals surface area contributed by atoms with Crippen LogP contribution in [-0.2, 0) is 0 Å². The Balaban J connectivity index is 3.11. The van der Waals surface area contributed by atoms with E-state index in [9.17, 15) is 0 Å². The third-order valence-electron chi connectivity index (χ3n) is 1.75. The number of hydrogen-bond acceptors (Lipinski definition) is 2. The molecule has 0 heterocycles. The van der Waals surface area contributed by atoms with Gasteiger partial charge in [-0.05, 0) is 33.6 Å². The number of benzene rings is 1. The van der Waals surface area contributed by atoms with Crippen molar-refractivity contribution in [3.63, 3.8) is 0 Å². The molecule has 2 nitrogen and oxygen atoms in total. The van der Waals surface area contributed by atoms with Crippen LogP contribution in [0.5, 0.6) is 0 Å². The second kappa shape index (κ2) is 4.22. The first kappa shape index (κ1) is 9.97. The quantitative estimate of drug-likeness (QED) is 0.803. The Bertz CT molecular complexity index is 366. The van der Waals surface area contributed by atoms with E-state index in [0.29, 0.717) is 5.56 Å². The molecule has 0 bridgehead atoms. The molecule has 0 aliphatic heterocycles. The minimum absolute atomic E-state index is 0.177. The van der Waals surface area contributed by atoms with Gasteiger partial charge in [0.05, 0.1) is 5.56 Å². The zero-order valence-electron chi connectivity index (χ0n) is 7.00. The van der Waals surface area contributed by atoms with Gasteiger partial charge in [-0.15, -0.1) is 6.58 Å². The summed E-state index contributed by atoms with van der Waals surface area (Å²) in [4.78, 5) is 0. The van der Waals surface area contributed by atoms with Gasteiger partial charge in [0, 0.05) is 10.5 Å². The van der Waals surface area contributed by atoms with E-state index in [4.69, 9.17) is 11.0 Å². The zero-order valence-corrected chi connectivity index (χ0v) is 8.58. The van der Waals surface area contributed by atoms with Crippen LogP contribution in [0.1, 0.15) is 17.2 Å². The van der Waals surface area contributed by atoms with Crippen LogP contribution in [0.15, 0.2) is 35.3 Å². The molecule has 0 aliphatic carbocycles. The smallest absolute Gasteiger partial charge is 0.100 e. The summed E-state index contributed by atoms with van der Waals surface area (Å²) >= 11 is 3.29. The molecule has 13 heavy (non-hydrogen) atoms. The molecule has 3 heteroatoms. The zero-order chi connectivity index (χ0) is 9.84. The van der Waals surface area contributed by atoms with Crippen LogP contribution < -0.4 is 5.73 Å². The molecule has 2 N–H and O–H groups in total. The maximum atomic E-state index is 8.67. The molecule has 0 aliphatic rings. The Hall–Kier alpha value is -1.11. The molecule has 1 aromatic rings. The lowest BCUT2D eigenvalue weighted by Gasteiger charge is -2.06. The van der Waals surface area contributed by atoms with Gasteiger partial charge < -0.3 is 5.73 Å². The van der Waals surface area contributed by atoms with Crippen molar-refractivity contribution in [2.45, 2.75) is 6.04 Å². The molecule has 0 spiro atoms. The van der Waals surface area contributed by atoms with Crippen molar-refractivity contribution in [1.29, 1.82) is 5.26 Å². The van der Waals surface area contributed by atoms with Crippen LogP contribution in [0.4, 0.5) is 0 Å². The van der Waals surface area contributed by atoms with Crippen LogP contribution >= 0.6 is 15.9 Å². The predicted molar refractivity (Wildman–Crippen MR) is 56.0 cm³/mol. The van der Waals surface area contributed by atoms with Crippen molar-refractivity contribution in [1.82, 2.24) is 0 Å². The highest BCUT2D eigenvalue weighted by Gasteiger charge is 2.04. The molecule has 1 aromatic carbocycles. The summed E-state index contributed by atoms with van der Waals surface area (Å²) in [5.41, 5.74) is 7.29. The predicted octanol–water partition coefficient (Wildman–Crippen LogP) is 2.51. The highest BCUT2D eigenvalue weighted by Crippen LogP contribution is 2.21. The van der Waals surface area contributed by atoms with Crippen LogP contribution in [0.25, 0.3) is 0 Å². The molecular formula is C10H9BrN2. The molecule has 0 saturated carbocycles. The van der Waals surface area contributed by atoms with Crippen molar-refractivity contribution in [2.75, 3.05) is 0 Å². The van der Waals surface area contributed by atoms with E-state index in [0.717, 1.165) is 10.0 Å². The van der Waals surface area contributed by atoms with E-state index < -0.39 is 0 Å². The summed E-state index contributed by atoms with van der Waals surface area (Å²) in [5.74, 6) is 0. The average molecular weight is 237 g/mol. The van der Waals surface area contributed by atoms with Gasteiger partial charge in [0.2, 0.25) is 0 Å². The lowest BCUT2D eigenvalue weighted by molar-refractivity contribution is 0.913. The van der Waals surface area contributed by atoms with E-state index >= 15 is 0 Å². The third-order valence-corrected chi connectivity index (χ3v) is 2.41. The van der Waals surface area contributed by atoms with Gasteiger partial charge in [-0.2, -0.15) is 5.26 Å². The molecule has 1 atom stereocenters. The highest BCUT2D eigenvalue weighted by atomic mass is 79.9. The molecule has 66 valence electrons. The minimum Gasteiger partial charge on any atom is -0.321 e. The normalized spacial score (nSPS) is 11.8. The van der Waals surface area contributed by atoms with Crippen LogP contribution in [0.3, 0.4) is 0 Å². The van der Waals surface area contributed by atoms with Crippen molar-refractivity contribution >= 4 is 15.9 Å². The SMILES string of the molecule is C=CC(N)c1ccc(C#N)c(Br)c1. The van der Waals surface area contributed by atoms with Crippen molar-refractivity contribution in [3.05, 3.63) is 46.5 Å². The Kier molecular flexibility index (Phi) is 3.24. The van der Waals surface area contributed by atoms with Crippen LogP contribution in [0, 0.1) is 11.3 Å². The lowest BCUT2D eigenvalue weighted by Crippen LogP contribution is -2.06. The van der Waals surface area contributed by atoms with Gasteiger partial charge in [0.15, 0.2) is 0 Å². The average Bonchev–Trinajstić information content (AvgIpc) is 2.16. The van der Waals surface area contributed by atoms with E-state index in [-0.39, 0.29) is 6.04 Å². The Morgan fingerprint density at radius 3 is 2.77 bits per heavy atom. The second-order valence-corrected chi connectivity index (χ2v) is 3.47. The third kappa shape index (κ3) is 2.18. The van der Waals surface area contributed by atoms with Crippen molar-refractivity contribution in [2.24, 2.45) is 5.73 Å². The summed E-state index contributed by atoms with van der Waals surface area (Å²) in [7, 11) is 0. The molecule has 0 fully saturated rings. The molecular weight excluding hydrogens is 228 g/mol. The summed E-state index contributed by atoms with van der Waals surface area (Å²) in [6, 6.07) is 7.30. The van der Waals surface area contributed by atoms with E-state index in [1.807, 2.05) is 12.1 Å². The molecule has 0 saturated heterocycles. The monoisotopic (exact) mass is 236 g/mol. The molecule has 1 unspecified atom stereocenters. The van der Waals surface area contributed by atoms with Gasteiger partial charge in [0.1, 0.15) is 6.07 Å². The van der Waals surface area contributed by atoms with Gasteiger partial charge >= 0.3 is 0 Å². The number of rotatable bonds is 2. The first-order valence-electron chi connectivity index (χ1n) is 3.76. The van der Waals surface area contributed by atoms with Crippen LogP contribution in [-0.4, -0.2) is 0 Å². The van der Waals surface area contributed by atoms with Gasteiger partial charge in [0.25, 0.3) is 0 Å². The first-order chi connectivity index (χ1) is 6.19. The number of nitriles is 1. The second-order valence-electron chi connectivity index (χ2n) is 2.61. The highest BCUT2D eigenvalue weighted by molar-refractivity contribution is 9.10. The van der Waals surface area contributed by atoms with Gasteiger partial charge in [-0.3, -0.25) is 0 Å². The van der Waals surface area contributed by atoms with E-state index in [1.54, 1.807) is 12.1 Å². The summed E-state index contributed by atoms with van der Waals surface area (Å²) in [6.45, 7) is 3.60. The molecule has 0 amide bonds. The summed E-state index contributed by atoms with van der Waals surface area (Å²) < 4.78 is 0.768. The van der Waals surface area contributed by atoms with Gasteiger partial charge in [-0.1, -0.05) is 12.1 Å². The molecule has 1 rings (SSSR count). The fraction of sp³-hybridized carbons (Fsp3) is 0.100. The maximum absolute atomic E-state index is 8.67. The topological polar surface area (TPSA) is 49.8 Å². The standard InChI is InChI=1S/C10H9BrN2/c1-2-10(13)7-3-4-8(6-12)9(11)5-7/h2-5,10H,1,13H2. The molecule has 0 radical (unpaired) electrons. The fourth-order valence-electron chi connectivity index (χ4n) is 0.965. The largest absolute Gasteiger partial charge is 0.321 e. The maximum Gasteiger partial charge on any atom is 0.100 e. The lowest BCUT2D eigenvalue weighted by atomic mass is 10.1. The number of nitrogens with zero attached hydrogens (tertiary/aromatic N) is 1. The fourth-order valence-corrected chi connectivity index (χ4v) is 1.45. The van der Waals surface area contributed by atoms with Crippen molar-refractivity contribution < 1.29 is 0 Å². The van der Waals surface area contributed by atoms with Crippen molar-refractivity contribution in [3.8, 4) is 6.07 Å². The number of halogens is 1. The van der Waals surface area contributed by atoms with Gasteiger partial charge in [-0.25, -0.2) is 0 Å². The summed E-state index contributed by atoms with van der Waals surface area (Å²) in [5, 5.41) is 8.67. The van der Waals surface area contributed by atoms with Crippen LogP contribution in [0.2, 0.25) is 0 Å². The van der Waals surface area contributed by atoms with E-state index in [2.05, 4.69) is 28.6 Å².